The summed E-state index contributed by atoms with van der Waals surface area (Å²) in [5.41, 5.74) is 0.979. The molecule has 0 aromatic heterocycles. The summed E-state index contributed by atoms with van der Waals surface area (Å²) in [5, 5.41) is 13.3. The van der Waals surface area contributed by atoms with Crippen LogP contribution < -0.4 is 5.32 Å². The van der Waals surface area contributed by atoms with Crippen molar-refractivity contribution in [2.75, 3.05) is 6.61 Å². The zero-order valence-electron chi connectivity index (χ0n) is 9.26. The zero-order valence-corrected chi connectivity index (χ0v) is 10.0. The van der Waals surface area contributed by atoms with Crippen LogP contribution in [0, 0.1) is 0 Å². The van der Waals surface area contributed by atoms with Gasteiger partial charge < -0.3 is 10.4 Å². The van der Waals surface area contributed by atoms with Gasteiger partial charge in [-0.3, -0.25) is 0 Å². The van der Waals surface area contributed by atoms with Gasteiger partial charge in [0.15, 0.2) is 0 Å². The van der Waals surface area contributed by atoms with Crippen LogP contribution in [0.15, 0.2) is 24.3 Å². The molecule has 1 atom stereocenters. The minimum atomic E-state index is -0.195. The molecule has 0 saturated heterocycles. The van der Waals surface area contributed by atoms with Crippen LogP contribution in [0.5, 0.6) is 0 Å². The fourth-order valence-electron chi connectivity index (χ4n) is 1.21. The summed E-state index contributed by atoms with van der Waals surface area (Å²) >= 11 is 5.80. The summed E-state index contributed by atoms with van der Waals surface area (Å²) in [6, 6.07) is 7.73. The van der Waals surface area contributed by atoms with Crippen LogP contribution in [0.25, 0.3) is 0 Å². The summed E-state index contributed by atoms with van der Waals surface area (Å²) in [6.45, 7) is 4.98. The smallest absolute Gasteiger partial charge is 0.0610 e. The monoisotopic (exact) mass is 227 g/mol. The second-order valence-corrected chi connectivity index (χ2v) is 4.49. The van der Waals surface area contributed by atoms with Crippen molar-refractivity contribution in [3.8, 4) is 0 Å². The Kier molecular flexibility index (Phi) is 4.58. The van der Waals surface area contributed by atoms with Crippen molar-refractivity contribution in [3.63, 3.8) is 0 Å². The molecule has 0 aliphatic rings. The van der Waals surface area contributed by atoms with Gasteiger partial charge >= 0.3 is 0 Å². The Bertz CT molecular complexity index is 293. The van der Waals surface area contributed by atoms with Crippen LogP contribution in [0.3, 0.4) is 0 Å². The molecule has 0 fully saturated rings. The lowest BCUT2D eigenvalue weighted by atomic mass is 10.00. The molecule has 1 unspecified atom stereocenters. The standard InChI is InChI=1S/C12H18ClNO/c1-3-12(2,9-15)14-8-10-4-6-11(13)7-5-10/h4-7,14-15H,3,8-9H2,1-2H3. The third-order valence-electron chi connectivity index (χ3n) is 2.76. The first-order chi connectivity index (χ1) is 7.09. The molecular weight excluding hydrogens is 210 g/mol. The molecule has 0 bridgehead atoms. The van der Waals surface area contributed by atoms with E-state index in [1.807, 2.05) is 31.2 Å². The van der Waals surface area contributed by atoms with E-state index < -0.39 is 0 Å². The second kappa shape index (κ2) is 5.50. The van der Waals surface area contributed by atoms with Crippen LogP contribution in [0.2, 0.25) is 5.02 Å². The quantitative estimate of drug-likeness (QED) is 0.811. The van der Waals surface area contributed by atoms with Crippen molar-refractivity contribution in [1.82, 2.24) is 5.32 Å². The molecule has 1 aromatic rings. The Morgan fingerprint density at radius 3 is 2.40 bits per heavy atom. The maximum absolute atomic E-state index is 9.22. The number of halogens is 1. The van der Waals surface area contributed by atoms with Crippen LogP contribution in [0.1, 0.15) is 25.8 Å². The van der Waals surface area contributed by atoms with Gasteiger partial charge in [0.2, 0.25) is 0 Å². The lowest BCUT2D eigenvalue weighted by molar-refractivity contribution is 0.169. The van der Waals surface area contributed by atoms with Gasteiger partial charge in [-0.05, 0) is 31.0 Å². The van der Waals surface area contributed by atoms with E-state index in [9.17, 15) is 5.11 Å². The van der Waals surface area contributed by atoms with Crippen LogP contribution in [0.4, 0.5) is 0 Å². The number of nitrogens with one attached hydrogen (secondary N) is 1. The van der Waals surface area contributed by atoms with E-state index >= 15 is 0 Å². The van der Waals surface area contributed by atoms with Crippen molar-refractivity contribution < 1.29 is 5.11 Å². The molecule has 15 heavy (non-hydrogen) atoms. The molecule has 0 aliphatic heterocycles. The van der Waals surface area contributed by atoms with Gasteiger partial charge in [0.25, 0.3) is 0 Å². The Morgan fingerprint density at radius 1 is 1.33 bits per heavy atom. The highest BCUT2D eigenvalue weighted by Crippen LogP contribution is 2.12. The van der Waals surface area contributed by atoms with Gasteiger partial charge in [0.1, 0.15) is 0 Å². The first-order valence-corrected chi connectivity index (χ1v) is 5.58. The van der Waals surface area contributed by atoms with Gasteiger partial charge in [-0.15, -0.1) is 0 Å². The SMILES string of the molecule is CCC(C)(CO)NCc1ccc(Cl)cc1. The van der Waals surface area contributed by atoms with Gasteiger partial charge in [-0.2, -0.15) is 0 Å². The average molecular weight is 228 g/mol. The maximum atomic E-state index is 9.22. The average Bonchev–Trinajstić information content (AvgIpc) is 2.28. The third-order valence-corrected chi connectivity index (χ3v) is 3.01. The summed E-state index contributed by atoms with van der Waals surface area (Å²) in [4.78, 5) is 0. The minimum absolute atomic E-state index is 0.150. The molecule has 2 nitrogen and oxygen atoms in total. The molecule has 0 radical (unpaired) electrons. The normalized spacial score (nSPS) is 14.9. The topological polar surface area (TPSA) is 32.3 Å². The van der Waals surface area contributed by atoms with Crippen molar-refractivity contribution in [3.05, 3.63) is 34.9 Å². The van der Waals surface area contributed by atoms with E-state index in [2.05, 4.69) is 12.2 Å². The number of rotatable bonds is 5. The maximum Gasteiger partial charge on any atom is 0.0610 e. The van der Waals surface area contributed by atoms with E-state index in [-0.39, 0.29) is 12.1 Å². The zero-order chi connectivity index (χ0) is 11.3. The molecule has 0 spiro atoms. The fraction of sp³-hybridized carbons (Fsp3) is 0.500. The molecule has 0 heterocycles. The highest BCUT2D eigenvalue weighted by atomic mass is 35.5. The molecule has 0 aliphatic carbocycles. The summed E-state index contributed by atoms with van der Waals surface area (Å²) in [6.07, 6.45) is 0.900. The Balaban J connectivity index is 2.53. The minimum Gasteiger partial charge on any atom is -0.394 e. The van der Waals surface area contributed by atoms with Crippen molar-refractivity contribution in [2.24, 2.45) is 0 Å². The molecular formula is C12H18ClNO. The van der Waals surface area contributed by atoms with Crippen LogP contribution in [-0.2, 0) is 6.54 Å². The molecule has 0 saturated carbocycles. The van der Waals surface area contributed by atoms with E-state index in [1.165, 1.54) is 5.56 Å². The van der Waals surface area contributed by atoms with E-state index in [0.29, 0.717) is 0 Å². The fourth-order valence-corrected chi connectivity index (χ4v) is 1.34. The largest absolute Gasteiger partial charge is 0.394 e. The highest BCUT2D eigenvalue weighted by Gasteiger charge is 2.19. The van der Waals surface area contributed by atoms with Crippen LogP contribution in [-0.4, -0.2) is 17.3 Å². The van der Waals surface area contributed by atoms with Crippen molar-refractivity contribution in [2.45, 2.75) is 32.4 Å². The number of hydrogen-bond acceptors (Lipinski definition) is 2. The third kappa shape index (κ3) is 3.82. The van der Waals surface area contributed by atoms with Crippen molar-refractivity contribution >= 4 is 11.6 Å². The molecule has 0 amide bonds. The van der Waals surface area contributed by atoms with E-state index in [0.717, 1.165) is 18.0 Å². The number of aliphatic hydroxyl groups is 1. The predicted octanol–water partition coefficient (Wildman–Crippen LogP) is 2.59. The predicted molar refractivity (Wildman–Crippen MR) is 64.1 cm³/mol. The van der Waals surface area contributed by atoms with Crippen LogP contribution >= 0.6 is 11.6 Å². The highest BCUT2D eigenvalue weighted by molar-refractivity contribution is 6.30. The Hall–Kier alpha value is -0.570. The molecule has 3 heteroatoms. The van der Waals surface area contributed by atoms with Gasteiger partial charge in [0, 0.05) is 17.1 Å². The van der Waals surface area contributed by atoms with E-state index in [1.54, 1.807) is 0 Å². The second-order valence-electron chi connectivity index (χ2n) is 4.05. The lowest BCUT2D eigenvalue weighted by Crippen LogP contribution is -2.44. The first-order valence-electron chi connectivity index (χ1n) is 5.20. The Morgan fingerprint density at radius 2 is 1.93 bits per heavy atom. The first kappa shape index (κ1) is 12.5. The summed E-state index contributed by atoms with van der Waals surface area (Å²) < 4.78 is 0. The summed E-state index contributed by atoms with van der Waals surface area (Å²) in [5.74, 6) is 0. The lowest BCUT2D eigenvalue weighted by Gasteiger charge is -2.27. The van der Waals surface area contributed by atoms with Gasteiger partial charge in [0.05, 0.1) is 6.61 Å². The van der Waals surface area contributed by atoms with E-state index in [4.69, 9.17) is 11.6 Å². The summed E-state index contributed by atoms with van der Waals surface area (Å²) in [7, 11) is 0. The number of hydrogen-bond donors (Lipinski definition) is 2. The molecule has 1 rings (SSSR count). The number of aliphatic hydroxyl groups excluding tert-OH is 1. The van der Waals surface area contributed by atoms with Crippen molar-refractivity contribution in [1.29, 1.82) is 0 Å². The van der Waals surface area contributed by atoms with Gasteiger partial charge in [-0.1, -0.05) is 30.7 Å². The Labute approximate surface area is 96.3 Å². The molecule has 2 N–H and O–H groups in total. The molecule has 1 aromatic carbocycles. The van der Waals surface area contributed by atoms with Gasteiger partial charge in [-0.25, -0.2) is 0 Å². The molecule has 84 valence electrons. The number of benzene rings is 1.